The number of pyridine rings is 1. The van der Waals surface area contributed by atoms with Gasteiger partial charge >= 0.3 is 0 Å². The summed E-state index contributed by atoms with van der Waals surface area (Å²) in [5, 5.41) is 2.16. The van der Waals surface area contributed by atoms with Gasteiger partial charge in [-0.3, -0.25) is 4.98 Å². The van der Waals surface area contributed by atoms with Crippen LogP contribution in [0.2, 0.25) is 0 Å². The Morgan fingerprint density at radius 2 is 1.43 bits per heavy atom. The predicted molar refractivity (Wildman–Crippen MR) is 194 cm³/mol. The molecule has 0 unspecified atom stereocenters. The average Bonchev–Trinajstić information content (AvgIpc) is 3.59. The molecule has 4 heteroatoms. The number of nitrogens with zero attached hydrogens (tertiary/aromatic N) is 3. The molecule has 0 fully saturated rings. The summed E-state index contributed by atoms with van der Waals surface area (Å²) in [4.78, 5) is 14.7. The van der Waals surface area contributed by atoms with Crippen LogP contribution in [0, 0.1) is 0 Å². The molecule has 226 valence electrons. The quantitative estimate of drug-likeness (QED) is 0.189. The minimum atomic E-state index is -0.175. The smallest absolute Gasteiger partial charge is 0.160 e. The maximum Gasteiger partial charge on any atom is 0.160 e. The van der Waals surface area contributed by atoms with E-state index in [1.165, 1.54) is 22.3 Å². The van der Waals surface area contributed by atoms with E-state index in [4.69, 9.17) is 14.4 Å². The molecule has 1 aliphatic carbocycles. The second-order valence-electron chi connectivity index (χ2n) is 12.5. The normalized spacial score (nSPS) is 13.9. The van der Waals surface area contributed by atoms with Gasteiger partial charge in [0.25, 0.3) is 0 Å². The third-order valence-electron chi connectivity index (χ3n) is 9.29. The van der Waals surface area contributed by atoms with Gasteiger partial charge in [0, 0.05) is 50.8 Å². The fourth-order valence-corrected chi connectivity index (χ4v) is 6.90. The number of hydrogen-bond acceptors (Lipinski definition) is 4. The number of fused-ring (bicyclic) bond motifs is 4. The minimum absolute atomic E-state index is 0.175. The van der Waals surface area contributed by atoms with Gasteiger partial charge in [-0.25, -0.2) is 9.97 Å². The summed E-state index contributed by atoms with van der Waals surface area (Å²) in [6.07, 6.45) is 9.97. The first kappa shape index (κ1) is 28.6. The van der Waals surface area contributed by atoms with Crippen molar-refractivity contribution in [1.29, 1.82) is 0 Å². The van der Waals surface area contributed by atoms with E-state index in [1.54, 1.807) is 6.20 Å². The summed E-state index contributed by atoms with van der Waals surface area (Å²) >= 11 is 0. The summed E-state index contributed by atoms with van der Waals surface area (Å²) in [7, 11) is 0. The Labute approximate surface area is 274 Å². The largest absolute Gasteiger partial charge is 0.456 e. The van der Waals surface area contributed by atoms with Gasteiger partial charge < -0.3 is 4.42 Å². The van der Waals surface area contributed by atoms with Gasteiger partial charge in [0.1, 0.15) is 11.2 Å². The van der Waals surface area contributed by atoms with Crippen molar-refractivity contribution < 1.29 is 4.42 Å². The van der Waals surface area contributed by atoms with Gasteiger partial charge in [-0.15, -0.1) is 0 Å². The van der Waals surface area contributed by atoms with E-state index in [0.29, 0.717) is 5.82 Å². The Bertz CT molecular complexity index is 2410. The summed E-state index contributed by atoms with van der Waals surface area (Å²) in [6, 6.07) is 35.6. The Hall–Kier alpha value is -5.87. The first-order valence-corrected chi connectivity index (χ1v) is 15.9. The molecule has 0 radical (unpaired) electrons. The number of aromatic nitrogens is 3. The summed E-state index contributed by atoms with van der Waals surface area (Å²) < 4.78 is 6.14. The molecular formula is C43H33N3O. The number of benzene rings is 4. The third kappa shape index (κ3) is 4.81. The topological polar surface area (TPSA) is 51.8 Å². The third-order valence-corrected chi connectivity index (χ3v) is 9.29. The number of hydrogen-bond donors (Lipinski definition) is 0. The van der Waals surface area contributed by atoms with Crippen LogP contribution >= 0.6 is 0 Å². The van der Waals surface area contributed by atoms with Gasteiger partial charge in [0.15, 0.2) is 5.82 Å². The van der Waals surface area contributed by atoms with Crippen LogP contribution in [-0.2, 0) is 5.41 Å². The van der Waals surface area contributed by atoms with Gasteiger partial charge in [-0.05, 0) is 83.3 Å². The first-order chi connectivity index (χ1) is 22.9. The van der Waals surface area contributed by atoms with Crippen molar-refractivity contribution >= 4 is 27.5 Å². The maximum absolute atomic E-state index is 6.14. The molecule has 0 aliphatic heterocycles. The molecule has 0 N–H and O–H groups in total. The summed E-state index contributed by atoms with van der Waals surface area (Å²) in [6.45, 7) is 10.8. The Morgan fingerprint density at radius 1 is 0.681 bits per heavy atom. The SMILES string of the molecule is C=CC1=C(/C=C\C)C(C)(C)c2cc(-c3cc(-c4ccc5oc6ccccc6c5c4)nc(-c4cccc(-c5cccnc5)c4)n3)ccc21. The Kier molecular flexibility index (Phi) is 6.80. The highest BCUT2D eigenvalue weighted by molar-refractivity contribution is 6.06. The zero-order chi connectivity index (χ0) is 32.1. The lowest BCUT2D eigenvalue weighted by molar-refractivity contribution is 0.654. The van der Waals surface area contributed by atoms with Gasteiger partial charge in [-0.2, -0.15) is 0 Å². The van der Waals surface area contributed by atoms with Crippen LogP contribution in [0.25, 0.3) is 72.5 Å². The van der Waals surface area contributed by atoms with Crippen molar-refractivity contribution in [2.24, 2.45) is 0 Å². The fraction of sp³-hybridized carbons (Fsp3) is 0.0930. The van der Waals surface area contributed by atoms with E-state index in [9.17, 15) is 0 Å². The van der Waals surface area contributed by atoms with Crippen molar-refractivity contribution in [1.82, 2.24) is 15.0 Å². The number of rotatable bonds is 6. The number of para-hydroxylation sites is 1. The standard InChI is InChI=1S/C43H33N3O/c1-5-11-36-32(6-2)33-19-17-29(24-37(33)43(36,3)4)39-25-38(28-18-20-41-35(23-28)34-15-7-8-16-40(34)47-41)45-42(46-39)30-13-9-12-27(22-30)31-14-10-21-44-26-31/h5-26H,2H2,1,3-4H3/b11-5-. The van der Waals surface area contributed by atoms with Crippen molar-refractivity contribution in [3.63, 3.8) is 0 Å². The van der Waals surface area contributed by atoms with E-state index in [1.807, 2.05) is 42.6 Å². The predicted octanol–water partition coefficient (Wildman–Crippen LogP) is 11.2. The van der Waals surface area contributed by atoms with E-state index in [0.717, 1.165) is 61.1 Å². The summed E-state index contributed by atoms with van der Waals surface area (Å²) in [5.74, 6) is 0.666. The molecule has 3 heterocycles. The van der Waals surface area contributed by atoms with Crippen LogP contribution in [-0.4, -0.2) is 15.0 Å². The lowest BCUT2D eigenvalue weighted by atomic mass is 9.80. The van der Waals surface area contributed by atoms with Crippen LogP contribution < -0.4 is 0 Å². The van der Waals surface area contributed by atoms with E-state index in [-0.39, 0.29) is 5.41 Å². The second kappa shape index (κ2) is 11.2. The lowest BCUT2D eigenvalue weighted by Crippen LogP contribution is -2.16. The van der Waals surface area contributed by atoms with Crippen molar-refractivity contribution in [3.8, 4) is 45.0 Å². The molecule has 7 aromatic rings. The van der Waals surface area contributed by atoms with Crippen molar-refractivity contribution in [2.45, 2.75) is 26.2 Å². The minimum Gasteiger partial charge on any atom is -0.456 e. The molecule has 0 atom stereocenters. The molecule has 0 saturated carbocycles. The Morgan fingerprint density at radius 3 is 2.21 bits per heavy atom. The van der Waals surface area contributed by atoms with Crippen molar-refractivity contribution in [3.05, 3.63) is 157 Å². The molecule has 1 aliphatic rings. The van der Waals surface area contributed by atoms with Crippen LogP contribution in [0.4, 0.5) is 0 Å². The number of allylic oxidation sites excluding steroid dienone is 5. The number of furan rings is 1. The van der Waals surface area contributed by atoms with E-state index in [2.05, 4.69) is 117 Å². The highest BCUT2D eigenvalue weighted by Crippen LogP contribution is 2.48. The van der Waals surface area contributed by atoms with E-state index < -0.39 is 0 Å². The molecule has 0 bridgehead atoms. The van der Waals surface area contributed by atoms with Crippen molar-refractivity contribution in [2.75, 3.05) is 0 Å². The monoisotopic (exact) mass is 607 g/mol. The zero-order valence-electron chi connectivity index (χ0n) is 26.7. The second-order valence-corrected chi connectivity index (χ2v) is 12.5. The molecule has 3 aromatic heterocycles. The molecule has 0 spiro atoms. The van der Waals surface area contributed by atoms with Crippen LogP contribution in [0.3, 0.4) is 0 Å². The van der Waals surface area contributed by atoms with Gasteiger partial charge in [0.05, 0.1) is 11.4 Å². The molecule has 47 heavy (non-hydrogen) atoms. The fourth-order valence-electron chi connectivity index (χ4n) is 6.90. The first-order valence-electron chi connectivity index (χ1n) is 15.9. The highest BCUT2D eigenvalue weighted by atomic mass is 16.3. The van der Waals surface area contributed by atoms with E-state index >= 15 is 0 Å². The molecule has 0 amide bonds. The van der Waals surface area contributed by atoms with Crippen LogP contribution in [0.15, 0.2) is 150 Å². The highest BCUT2D eigenvalue weighted by Gasteiger charge is 2.35. The van der Waals surface area contributed by atoms with Crippen LogP contribution in [0.1, 0.15) is 31.9 Å². The molecule has 4 aromatic carbocycles. The molecule has 0 saturated heterocycles. The van der Waals surface area contributed by atoms with Crippen LogP contribution in [0.5, 0.6) is 0 Å². The Balaban J connectivity index is 1.32. The van der Waals surface area contributed by atoms with Gasteiger partial charge in [0.2, 0.25) is 0 Å². The average molecular weight is 608 g/mol. The molecule has 8 rings (SSSR count). The zero-order valence-corrected chi connectivity index (χ0v) is 26.7. The molecular weight excluding hydrogens is 574 g/mol. The lowest BCUT2D eigenvalue weighted by Gasteiger charge is -2.23. The van der Waals surface area contributed by atoms with Gasteiger partial charge in [-0.1, -0.05) is 93.3 Å². The summed E-state index contributed by atoms with van der Waals surface area (Å²) in [5.41, 5.74) is 13.3. The maximum atomic E-state index is 6.14. The molecule has 4 nitrogen and oxygen atoms in total.